The van der Waals surface area contributed by atoms with Crippen LogP contribution in [-0.2, 0) is 7.05 Å². The van der Waals surface area contributed by atoms with E-state index in [1.165, 1.54) is 4.57 Å². The van der Waals surface area contributed by atoms with Gasteiger partial charge in [0.05, 0.1) is 15.9 Å². The summed E-state index contributed by atoms with van der Waals surface area (Å²) in [6, 6.07) is 3.35. The zero-order valence-electron chi connectivity index (χ0n) is 7.59. The third-order valence-electron chi connectivity index (χ3n) is 2.04. The zero-order chi connectivity index (χ0) is 11.2. The van der Waals surface area contributed by atoms with Crippen LogP contribution in [-0.4, -0.2) is 9.55 Å². The van der Waals surface area contributed by atoms with Gasteiger partial charge < -0.3 is 0 Å². The van der Waals surface area contributed by atoms with Crippen molar-refractivity contribution in [3.63, 3.8) is 0 Å². The first-order valence-electron chi connectivity index (χ1n) is 4.02. The van der Waals surface area contributed by atoms with Crippen molar-refractivity contribution < 1.29 is 0 Å². The topological polar surface area (TPSA) is 34.9 Å². The minimum atomic E-state index is -0.215. The lowest BCUT2D eigenvalue weighted by atomic mass is 10.2. The molecule has 0 unspecified atom stereocenters. The second-order valence-corrected chi connectivity index (χ2v) is 4.69. The van der Waals surface area contributed by atoms with Crippen LogP contribution in [0.25, 0.3) is 10.9 Å². The monoisotopic (exact) mass is 306 g/mol. The molecule has 2 rings (SSSR count). The normalized spacial score (nSPS) is 10.9. The Morgan fingerprint density at radius 3 is 2.73 bits per heavy atom. The summed E-state index contributed by atoms with van der Waals surface area (Å²) in [7, 11) is 1.56. The Hall–Kier alpha value is -0.580. The second kappa shape index (κ2) is 3.77. The first-order chi connectivity index (χ1) is 7.00. The van der Waals surface area contributed by atoms with Crippen LogP contribution in [0.4, 0.5) is 0 Å². The third kappa shape index (κ3) is 1.77. The van der Waals surface area contributed by atoms with Gasteiger partial charge in [-0.05, 0) is 23.7 Å². The maximum Gasteiger partial charge on any atom is 0.262 e. The smallest absolute Gasteiger partial charge is 0.262 e. The number of fused-ring (bicyclic) bond motifs is 1. The molecule has 0 aliphatic carbocycles. The summed E-state index contributed by atoms with van der Waals surface area (Å²) >= 11 is 15.0. The van der Waals surface area contributed by atoms with Gasteiger partial charge in [-0.25, -0.2) is 4.98 Å². The molecule has 0 spiro atoms. The van der Waals surface area contributed by atoms with E-state index in [0.717, 1.165) is 4.47 Å². The van der Waals surface area contributed by atoms with Crippen molar-refractivity contribution in [3.05, 3.63) is 37.3 Å². The summed E-state index contributed by atoms with van der Waals surface area (Å²) in [5.41, 5.74) is 0.209. The lowest BCUT2D eigenvalue weighted by Gasteiger charge is -2.05. The maximum atomic E-state index is 11.8. The van der Waals surface area contributed by atoms with Gasteiger partial charge in [-0.15, -0.1) is 0 Å². The molecular formula is C9H5BrCl2N2O. The predicted octanol–water partition coefficient (Wildman–Crippen LogP) is 3.00. The van der Waals surface area contributed by atoms with E-state index < -0.39 is 0 Å². The maximum absolute atomic E-state index is 11.8. The molecule has 0 amide bonds. The summed E-state index contributed by atoms with van der Waals surface area (Å²) in [6.07, 6.45) is 0. The zero-order valence-corrected chi connectivity index (χ0v) is 10.7. The Bertz CT molecular complexity index is 609. The number of benzene rings is 1. The van der Waals surface area contributed by atoms with Crippen molar-refractivity contribution in [1.29, 1.82) is 0 Å². The summed E-state index contributed by atoms with van der Waals surface area (Å²) < 4.78 is 2.01. The molecule has 1 heterocycles. The van der Waals surface area contributed by atoms with Gasteiger partial charge >= 0.3 is 0 Å². The molecule has 0 aliphatic rings. The Labute approximate surface area is 104 Å². The lowest BCUT2D eigenvalue weighted by molar-refractivity contribution is 0.844. The summed E-state index contributed by atoms with van der Waals surface area (Å²) in [5.74, 6) is 0. The average Bonchev–Trinajstić information content (AvgIpc) is 2.17. The first kappa shape index (κ1) is 10.9. The molecule has 0 saturated carbocycles. The van der Waals surface area contributed by atoms with Crippen LogP contribution in [0.3, 0.4) is 0 Å². The van der Waals surface area contributed by atoms with Gasteiger partial charge in [0, 0.05) is 11.5 Å². The number of nitrogens with zero attached hydrogens (tertiary/aromatic N) is 2. The molecule has 3 nitrogen and oxygen atoms in total. The second-order valence-electron chi connectivity index (χ2n) is 3.03. The van der Waals surface area contributed by atoms with E-state index in [9.17, 15) is 4.79 Å². The number of hydrogen-bond acceptors (Lipinski definition) is 2. The standard InChI is InChI=1S/C9H5BrCl2N2O/c1-14-8(15)5-2-4(10)3-6(11)7(5)13-9(14)12/h2-3H,1H3. The van der Waals surface area contributed by atoms with Crippen LogP contribution >= 0.6 is 39.1 Å². The molecule has 0 bridgehead atoms. The van der Waals surface area contributed by atoms with E-state index in [2.05, 4.69) is 20.9 Å². The van der Waals surface area contributed by atoms with Crippen LogP contribution in [0.5, 0.6) is 0 Å². The SMILES string of the molecule is Cn1c(Cl)nc2c(Cl)cc(Br)cc2c1=O. The summed E-state index contributed by atoms with van der Waals surface area (Å²) in [4.78, 5) is 15.9. The van der Waals surface area contributed by atoms with E-state index in [1.807, 2.05) is 0 Å². The number of aromatic nitrogens is 2. The van der Waals surface area contributed by atoms with Gasteiger partial charge in [0.2, 0.25) is 5.28 Å². The van der Waals surface area contributed by atoms with Crippen LogP contribution < -0.4 is 5.56 Å². The van der Waals surface area contributed by atoms with Crippen LogP contribution in [0, 0.1) is 0 Å². The van der Waals surface area contributed by atoms with Crippen molar-refractivity contribution >= 4 is 50.0 Å². The van der Waals surface area contributed by atoms with Gasteiger partial charge in [-0.1, -0.05) is 27.5 Å². The molecule has 1 aromatic carbocycles. The summed E-state index contributed by atoms with van der Waals surface area (Å²) in [5, 5.41) is 0.969. The van der Waals surface area contributed by atoms with Crippen LogP contribution in [0.2, 0.25) is 10.3 Å². The van der Waals surface area contributed by atoms with Gasteiger partial charge in [-0.2, -0.15) is 0 Å². The van der Waals surface area contributed by atoms with Crippen molar-refractivity contribution in [3.8, 4) is 0 Å². The average molecular weight is 308 g/mol. The molecule has 78 valence electrons. The number of rotatable bonds is 0. The molecule has 6 heteroatoms. The van der Waals surface area contributed by atoms with Crippen molar-refractivity contribution in [2.75, 3.05) is 0 Å². The molecule has 1 aromatic heterocycles. The summed E-state index contributed by atoms with van der Waals surface area (Å²) in [6.45, 7) is 0. The largest absolute Gasteiger partial charge is 0.286 e. The van der Waals surface area contributed by atoms with Gasteiger partial charge in [-0.3, -0.25) is 9.36 Å². The van der Waals surface area contributed by atoms with Crippen LogP contribution in [0.15, 0.2) is 21.4 Å². The highest BCUT2D eigenvalue weighted by Gasteiger charge is 2.10. The number of hydrogen-bond donors (Lipinski definition) is 0. The van der Waals surface area contributed by atoms with E-state index in [0.29, 0.717) is 15.9 Å². The molecule has 0 N–H and O–H groups in total. The van der Waals surface area contributed by atoms with E-state index in [-0.39, 0.29) is 10.8 Å². The van der Waals surface area contributed by atoms with Crippen molar-refractivity contribution in [2.45, 2.75) is 0 Å². The van der Waals surface area contributed by atoms with Gasteiger partial charge in [0.25, 0.3) is 5.56 Å². The highest BCUT2D eigenvalue weighted by Crippen LogP contribution is 2.25. The molecule has 0 radical (unpaired) electrons. The van der Waals surface area contributed by atoms with E-state index >= 15 is 0 Å². The quantitative estimate of drug-likeness (QED) is 0.701. The fourth-order valence-electron chi connectivity index (χ4n) is 1.27. The minimum Gasteiger partial charge on any atom is -0.286 e. The highest BCUT2D eigenvalue weighted by atomic mass is 79.9. The Morgan fingerprint density at radius 2 is 2.07 bits per heavy atom. The van der Waals surface area contributed by atoms with Crippen molar-refractivity contribution in [2.24, 2.45) is 7.05 Å². The van der Waals surface area contributed by atoms with Crippen LogP contribution in [0.1, 0.15) is 0 Å². The minimum absolute atomic E-state index is 0.122. The number of halogens is 3. The van der Waals surface area contributed by atoms with Gasteiger partial charge in [0.1, 0.15) is 0 Å². The predicted molar refractivity (Wildman–Crippen MR) is 64.7 cm³/mol. The molecule has 2 aromatic rings. The molecule has 0 saturated heterocycles. The third-order valence-corrected chi connectivity index (χ3v) is 3.13. The van der Waals surface area contributed by atoms with Gasteiger partial charge in [0.15, 0.2) is 0 Å². The molecule has 0 aliphatic heterocycles. The Kier molecular flexibility index (Phi) is 2.75. The highest BCUT2D eigenvalue weighted by molar-refractivity contribution is 9.10. The molecule has 15 heavy (non-hydrogen) atoms. The van der Waals surface area contributed by atoms with Crippen molar-refractivity contribution in [1.82, 2.24) is 9.55 Å². The fraction of sp³-hybridized carbons (Fsp3) is 0.111. The first-order valence-corrected chi connectivity index (χ1v) is 5.57. The molecular weight excluding hydrogens is 303 g/mol. The molecule has 0 atom stereocenters. The van der Waals surface area contributed by atoms with E-state index in [4.69, 9.17) is 23.2 Å². The Balaban J connectivity index is 3.06. The molecule has 0 fully saturated rings. The van der Waals surface area contributed by atoms with E-state index in [1.54, 1.807) is 19.2 Å². The lowest BCUT2D eigenvalue weighted by Crippen LogP contribution is -2.18. The Morgan fingerprint density at radius 1 is 1.40 bits per heavy atom. The fourth-order valence-corrected chi connectivity index (χ4v) is 2.29.